The predicted molar refractivity (Wildman–Crippen MR) is 51.8 cm³/mol. The van der Waals surface area contributed by atoms with E-state index in [2.05, 4.69) is 19.1 Å². The summed E-state index contributed by atoms with van der Waals surface area (Å²) in [6.07, 6.45) is 0. The van der Waals surface area contributed by atoms with E-state index in [0.29, 0.717) is 5.88 Å². The van der Waals surface area contributed by atoms with E-state index in [1.807, 2.05) is 12.1 Å². The monoisotopic (exact) mass is 174 g/mol. The second-order valence-corrected chi connectivity index (χ2v) is 2.39. The molecule has 56 valence electrons. The van der Waals surface area contributed by atoms with Crippen LogP contribution in [-0.4, -0.2) is 0 Å². The van der Waals surface area contributed by atoms with E-state index < -0.39 is 0 Å². The van der Waals surface area contributed by atoms with E-state index in [9.17, 15) is 0 Å². The summed E-state index contributed by atoms with van der Waals surface area (Å²) in [4.78, 5) is 0. The zero-order valence-corrected chi connectivity index (χ0v) is 8.27. The van der Waals surface area contributed by atoms with Crippen LogP contribution in [0.1, 0.15) is 11.1 Å². The maximum atomic E-state index is 5.58. The van der Waals surface area contributed by atoms with Crippen molar-refractivity contribution in [3.05, 3.63) is 35.4 Å². The van der Waals surface area contributed by atoms with Crippen LogP contribution in [0.5, 0.6) is 0 Å². The second kappa shape index (κ2) is 4.71. The van der Waals surface area contributed by atoms with Gasteiger partial charge in [0.15, 0.2) is 0 Å². The fourth-order valence-electron chi connectivity index (χ4n) is 0.677. The van der Waals surface area contributed by atoms with Gasteiger partial charge in [0.1, 0.15) is 0 Å². The first kappa shape index (κ1) is 9.94. The van der Waals surface area contributed by atoms with E-state index in [1.54, 1.807) is 0 Å². The first-order valence-corrected chi connectivity index (χ1v) is 3.48. The zero-order chi connectivity index (χ0) is 6.69. The van der Waals surface area contributed by atoms with Gasteiger partial charge in [0.05, 0.1) is 0 Å². The van der Waals surface area contributed by atoms with E-state index in [-0.39, 0.29) is 9.90 Å². The number of alkyl halides is 1. The van der Waals surface area contributed by atoms with Gasteiger partial charge in [-0.2, -0.15) is 9.90 Å². The SMILES string of the molecule is Cc1ccc(CCl)cc1.P. The van der Waals surface area contributed by atoms with Crippen LogP contribution in [0.25, 0.3) is 0 Å². The Bertz CT molecular complexity index is 181. The Hall–Kier alpha value is -0.0600. The largest absolute Gasteiger partial charge is 0.153 e. The molecule has 0 saturated heterocycles. The highest BCUT2D eigenvalue weighted by Crippen LogP contribution is 2.04. The standard InChI is InChI=1S/C8H9Cl.H3P/c1-7-2-4-8(6-9)5-3-7;/h2-5H,6H2,1H3;1H3. The minimum Gasteiger partial charge on any atom is -0.153 e. The Balaban J connectivity index is 0.000000810. The van der Waals surface area contributed by atoms with Crippen molar-refractivity contribution in [2.75, 3.05) is 0 Å². The van der Waals surface area contributed by atoms with Crippen LogP contribution in [0.2, 0.25) is 0 Å². The fraction of sp³-hybridized carbons (Fsp3) is 0.250. The number of benzene rings is 1. The lowest BCUT2D eigenvalue weighted by Crippen LogP contribution is -1.75. The van der Waals surface area contributed by atoms with Gasteiger partial charge in [0.25, 0.3) is 0 Å². The topological polar surface area (TPSA) is 0 Å². The third-order valence-corrected chi connectivity index (χ3v) is 1.58. The van der Waals surface area contributed by atoms with Gasteiger partial charge in [-0.1, -0.05) is 29.8 Å². The molecule has 0 aliphatic rings. The third kappa shape index (κ3) is 2.68. The molecule has 1 aromatic carbocycles. The van der Waals surface area contributed by atoms with E-state index >= 15 is 0 Å². The molecule has 2 heteroatoms. The van der Waals surface area contributed by atoms with Crippen LogP contribution in [0.3, 0.4) is 0 Å². The Morgan fingerprint density at radius 2 is 1.70 bits per heavy atom. The lowest BCUT2D eigenvalue weighted by atomic mass is 10.2. The molecule has 1 unspecified atom stereocenters. The number of hydrogen-bond donors (Lipinski definition) is 0. The summed E-state index contributed by atoms with van der Waals surface area (Å²) in [7, 11) is 0. The van der Waals surface area contributed by atoms with Crippen LogP contribution in [0.4, 0.5) is 0 Å². The minimum atomic E-state index is 0. The van der Waals surface area contributed by atoms with Gasteiger partial charge in [-0.15, -0.1) is 11.6 Å². The normalized spacial score (nSPS) is 8.60. The molecule has 10 heavy (non-hydrogen) atoms. The molecule has 1 rings (SSSR count). The minimum absolute atomic E-state index is 0. The molecule has 0 N–H and O–H groups in total. The summed E-state index contributed by atoms with van der Waals surface area (Å²) in [5.74, 6) is 0.611. The van der Waals surface area contributed by atoms with Crippen molar-refractivity contribution in [2.45, 2.75) is 12.8 Å². The summed E-state index contributed by atoms with van der Waals surface area (Å²) in [5.41, 5.74) is 2.46. The number of rotatable bonds is 1. The van der Waals surface area contributed by atoms with Crippen molar-refractivity contribution in [1.82, 2.24) is 0 Å². The van der Waals surface area contributed by atoms with Crippen LogP contribution >= 0.6 is 21.5 Å². The molecule has 0 nitrogen and oxygen atoms in total. The molecule has 0 spiro atoms. The molecule has 0 aliphatic carbocycles. The molecule has 0 aliphatic heterocycles. The summed E-state index contributed by atoms with van der Waals surface area (Å²) < 4.78 is 0. The van der Waals surface area contributed by atoms with Gasteiger partial charge in [0, 0.05) is 5.88 Å². The average molecular weight is 175 g/mol. The van der Waals surface area contributed by atoms with Gasteiger partial charge in [-0.25, -0.2) is 0 Å². The molecule has 1 atom stereocenters. The third-order valence-electron chi connectivity index (χ3n) is 1.27. The second-order valence-electron chi connectivity index (χ2n) is 2.12. The summed E-state index contributed by atoms with van der Waals surface area (Å²) in [5, 5.41) is 0. The first-order valence-electron chi connectivity index (χ1n) is 2.94. The smallest absolute Gasteiger partial charge is 0.0474 e. The van der Waals surface area contributed by atoms with Crippen molar-refractivity contribution < 1.29 is 0 Å². The lowest BCUT2D eigenvalue weighted by Gasteiger charge is -1.93. The van der Waals surface area contributed by atoms with Crippen molar-refractivity contribution in [3.63, 3.8) is 0 Å². The Morgan fingerprint density at radius 1 is 1.20 bits per heavy atom. The summed E-state index contributed by atoms with van der Waals surface area (Å²) in [6.45, 7) is 2.07. The quantitative estimate of drug-likeness (QED) is 0.454. The van der Waals surface area contributed by atoms with E-state index in [4.69, 9.17) is 11.6 Å². The van der Waals surface area contributed by atoms with E-state index in [0.717, 1.165) is 0 Å². The van der Waals surface area contributed by atoms with Crippen molar-refractivity contribution in [3.8, 4) is 0 Å². The Morgan fingerprint density at radius 3 is 2.10 bits per heavy atom. The number of hydrogen-bond acceptors (Lipinski definition) is 0. The van der Waals surface area contributed by atoms with Crippen LogP contribution in [0, 0.1) is 6.92 Å². The number of aryl methyl sites for hydroxylation is 1. The van der Waals surface area contributed by atoms with Crippen molar-refractivity contribution >= 4 is 21.5 Å². The first-order chi connectivity index (χ1) is 4.33. The molecule has 0 bridgehead atoms. The molecule has 1 aromatic rings. The van der Waals surface area contributed by atoms with Crippen LogP contribution in [-0.2, 0) is 5.88 Å². The van der Waals surface area contributed by atoms with Crippen molar-refractivity contribution in [1.29, 1.82) is 0 Å². The van der Waals surface area contributed by atoms with E-state index in [1.165, 1.54) is 11.1 Å². The average Bonchev–Trinajstić information content (AvgIpc) is 1.90. The highest BCUT2D eigenvalue weighted by Gasteiger charge is 1.86. The summed E-state index contributed by atoms with van der Waals surface area (Å²) >= 11 is 5.58. The highest BCUT2D eigenvalue weighted by molar-refractivity contribution is 6.92. The lowest BCUT2D eigenvalue weighted by molar-refractivity contribution is 1.36. The molecule has 0 saturated carbocycles. The van der Waals surface area contributed by atoms with Crippen LogP contribution in [0.15, 0.2) is 24.3 Å². The molecule has 0 heterocycles. The Labute approximate surface area is 70.2 Å². The molecule has 0 aromatic heterocycles. The maximum absolute atomic E-state index is 5.58. The highest BCUT2D eigenvalue weighted by atomic mass is 35.5. The van der Waals surface area contributed by atoms with Gasteiger partial charge in [-0.05, 0) is 12.5 Å². The van der Waals surface area contributed by atoms with Gasteiger partial charge < -0.3 is 0 Å². The fourth-order valence-corrected chi connectivity index (χ4v) is 0.855. The van der Waals surface area contributed by atoms with Gasteiger partial charge >= 0.3 is 0 Å². The molecule has 0 fully saturated rings. The van der Waals surface area contributed by atoms with Gasteiger partial charge in [-0.3, -0.25) is 0 Å². The number of halogens is 1. The molecular formula is C8H12ClP. The maximum Gasteiger partial charge on any atom is 0.0474 e. The molecule has 0 radical (unpaired) electrons. The Kier molecular flexibility index (Phi) is 4.68. The van der Waals surface area contributed by atoms with Gasteiger partial charge in [0.2, 0.25) is 0 Å². The molecule has 0 amide bonds. The predicted octanol–water partition coefficient (Wildman–Crippen LogP) is 2.79. The molecular weight excluding hydrogens is 163 g/mol. The van der Waals surface area contributed by atoms with Crippen LogP contribution < -0.4 is 0 Å². The van der Waals surface area contributed by atoms with Crippen molar-refractivity contribution in [2.24, 2.45) is 0 Å². The zero-order valence-electron chi connectivity index (χ0n) is 6.10. The summed E-state index contributed by atoms with van der Waals surface area (Å²) in [6, 6.07) is 8.22.